The predicted octanol–water partition coefficient (Wildman–Crippen LogP) is 5.74. The van der Waals surface area contributed by atoms with Crippen LogP contribution in [0.15, 0.2) is 59.6 Å². The molecule has 8 heteroatoms. The first-order valence-corrected chi connectivity index (χ1v) is 11.9. The SMILES string of the molecule is CCC(C)(C)Oc1cc(Oc2ccc(SN3CCC3)cc2)cc(C(=O)Nc2ccn(C)n2)c1. The van der Waals surface area contributed by atoms with Crippen LogP contribution in [0.3, 0.4) is 0 Å². The lowest BCUT2D eigenvalue weighted by Gasteiger charge is -2.29. The van der Waals surface area contributed by atoms with Crippen molar-refractivity contribution >= 4 is 23.7 Å². The number of nitrogens with one attached hydrogen (secondary N) is 1. The lowest BCUT2D eigenvalue weighted by molar-refractivity contribution is 0.100. The maximum absolute atomic E-state index is 12.9. The number of aryl methyl sites for hydroxylation is 1. The van der Waals surface area contributed by atoms with E-state index in [1.807, 2.05) is 44.2 Å². The molecule has 0 spiro atoms. The van der Waals surface area contributed by atoms with Crippen molar-refractivity contribution in [1.82, 2.24) is 14.1 Å². The molecule has 3 aromatic rings. The molecule has 1 saturated heterocycles. The van der Waals surface area contributed by atoms with Gasteiger partial charge in [-0.3, -0.25) is 9.48 Å². The van der Waals surface area contributed by atoms with E-state index in [0.29, 0.717) is 28.6 Å². The van der Waals surface area contributed by atoms with E-state index in [9.17, 15) is 4.79 Å². The molecule has 1 N–H and O–H groups in total. The lowest BCUT2D eigenvalue weighted by atomic mass is 10.1. The molecule has 0 atom stereocenters. The number of aromatic nitrogens is 2. The van der Waals surface area contributed by atoms with Crippen molar-refractivity contribution in [3.05, 3.63) is 60.3 Å². The zero-order valence-electron chi connectivity index (χ0n) is 19.5. The van der Waals surface area contributed by atoms with Crippen LogP contribution in [0.2, 0.25) is 0 Å². The molecular formula is C25H30N4O3S. The van der Waals surface area contributed by atoms with Crippen molar-refractivity contribution in [2.45, 2.75) is 44.1 Å². The van der Waals surface area contributed by atoms with Crippen LogP contribution in [0, 0.1) is 0 Å². The molecule has 1 aromatic heterocycles. The van der Waals surface area contributed by atoms with Gasteiger partial charge in [-0.1, -0.05) is 6.92 Å². The van der Waals surface area contributed by atoms with Crippen molar-refractivity contribution in [1.29, 1.82) is 0 Å². The summed E-state index contributed by atoms with van der Waals surface area (Å²) in [7, 11) is 1.80. The van der Waals surface area contributed by atoms with Crippen molar-refractivity contribution in [2.24, 2.45) is 7.05 Å². The molecule has 1 amide bonds. The van der Waals surface area contributed by atoms with E-state index in [-0.39, 0.29) is 11.5 Å². The van der Waals surface area contributed by atoms with Gasteiger partial charge in [0.1, 0.15) is 22.8 Å². The summed E-state index contributed by atoms with van der Waals surface area (Å²) in [5.74, 6) is 2.02. The highest BCUT2D eigenvalue weighted by Gasteiger charge is 2.20. The normalized spacial score (nSPS) is 13.9. The average molecular weight is 467 g/mol. The summed E-state index contributed by atoms with van der Waals surface area (Å²) < 4.78 is 16.2. The topological polar surface area (TPSA) is 68.6 Å². The van der Waals surface area contributed by atoms with Crippen LogP contribution in [-0.4, -0.2) is 38.7 Å². The third-order valence-electron chi connectivity index (χ3n) is 5.45. The number of hydrogen-bond acceptors (Lipinski definition) is 6. The predicted molar refractivity (Wildman–Crippen MR) is 131 cm³/mol. The number of hydrogen-bond donors (Lipinski definition) is 1. The Labute approximate surface area is 199 Å². The summed E-state index contributed by atoms with van der Waals surface area (Å²) in [5.41, 5.74) is 0.0633. The molecule has 0 saturated carbocycles. The van der Waals surface area contributed by atoms with Gasteiger partial charge in [0, 0.05) is 48.9 Å². The molecule has 0 aliphatic carbocycles. The van der Waals surface area contributed by atoms with E-state index in [1.54, 1.807) is 48.1 Å². The Hall–Kier alpha value is -2.97. The Balaban J connectivity index is 1.54. The Bertz CT molecular complexity index is 1110. The first-order valence-electron chi connectivity index (χ1n) is 11.2. The van der Waals surface area contributed by atoms with E-state index in [2.05, 4.69) is 21.6 Å². The molecule has 174 valence electrons. The van der Waals surface area contributed by atoms with Gasteiger partial charge in [-0.25, -0.2) is 4.31 Å². The summed E-state index contributed by atoms with van der Waals surface area (Å²) in [6.45, 7) is 8.36. The van der Waals surface area contributed by atoms with Crippen LogP contribution in [0.25, 0.3) is 0 Å². The number of nitrogens with zero attached hydrogens (tertiary/aromatic N) is 3. The third-order valence-corrected chi connectivity index (χ3v) is 6.56. The zero-order chi connectivity index (χ0) is 23.4. The van der Waals surface area contributed by atoms with Gasteiger partial charge in [0.2, 0.25) is 0 Å². The molecular weight excluding hydrogens is 436 g/mol. The number of carbonyl (C=O) groups is 1. The molecule has 7 nitrogen and oxygen atoms in total. The molecule has 4 rings (SSSR count). The average Bonchev–Trinajstić information content (AvgIpc) is 3.16. The Morgan fingerprint density at radius 3 is 2.42 bits per heavy atom. The number of amides is 1. The van der Waals surface area contributed by atoms with Gasteiger partial charge in [-0.15, -0.1) is 0 Å². The van der Waals surface area contributed by atoms with Gasteiger partial charge in [0.15, 0.2) is 5.82 Å². The fraction of sp³-hybridized carbons (Fsp3) is 0.360. The summed E-state index contributed by atoms with van der Waals surface area (Å²) in [5, 5.41) is 7.04. The largest absolute Gasteiger partial charge is 0.488 e. The minimum Gasteiger partial charge on any atom is -0.488 e. The van der Waals surface area contributed by atoms with Crippen molar-refractivity contribution in [3.63, 3.8) is 0 Å². The lowest BCUT2D eigenvalue weighted by Crippen LogP contribution is -2.30. The second-order valence-electron chi connectivity index (χ2n) is 8.68. The third kappa shape index (κ3) is 6.30. The van der Waals surface area contributed by atoms with Gasteiger partial charge in [0.05, 0.1) is 0 Å². The number of benzene rings is 2. The smallest absolute Gasteiger partial charge is 0.257 e. The van der Waals surface area contributed by atoms with Gasteiger partial charge >= 0.3 is 0 Å². The minimum absolute atomic E-state index is 0.278. The fourth-order valence-corrected chi connectivity index (χ4v) is 4.11. The van der Waals surface area contributed by atoms with Crippen LogP contribution in [0.5, 0.6) is 17.2 Å². The van der Waals surface area contributed by atoms with Crippen LogP contribution < -0.4 is 14.8 Å². The summed E-state index contributed by atoms with van der Waals surface area (Å²) in [6.07, 6.45) is 3.86. The first kappa shape index (κ1) is 23.2. The van der Waals surface area contributed by atoms with Gasteiger partial charge in [0.25, 0.3) is 5.91 Å². The second-order valence-corrected chi connectivity index (χ2v) is 9.85. The standard InChI is InChI=1S/C25H30N4O3S/c1-5-25(2,3)32-21-16-18(24(30)26-23-11-14-28(4)27-23)15-20(17-21)31-19-7-9-22(10-8-19)33-29-12-6-13-29/h7-11,14-17H,5-6,12-13H2,1-4H3,(H,26,27,30). The number of carbonyl (C=O) groups excluding carboxylic acids is 1. The Morgan fingerprint density at radius 1 is 1.09 bits per heavy atom. The van der Waals surface area contributed by atoms with E-state index in [4.69, 9.17) is 9.47 Å². The highest BCUT2D eigenvalue weighted by Crippen LogP contribution is 2.33. The fourth-order valence-electron chi connectivity index (χ4n) is 3.11. The minimum atomic E-state index is -0.372. The molecule has 33 heavy (non-hydrogen) atoms. The van der Waals surface area contributed by atoms with Gasteiger partial charge < -0.3 is 14.8 Å². The number of rotatable bonds is 9. The zero-order valence-corrected chi connectivity index (χ0v) is 20.3. The summed E-state index contributed by atoms with van der Waals surface area (Å²) in [6, 6.07) is 15.0. The van der Waals surface area contributed by atoms with Gasteiger partial charge in [-0.05, 0) is 75.0 Å². The van der Waals surface area contributed by atoms with E-state index in [0.717, 1.165) is 19.5 Å². The van der Waals surface area contributed by atoms with E-state index >= 15 is 0 Å². The van der Waals surface area contributed by atoms with E-state index in [1.165, 1.54) is 11.3 Å². The van der Waals surface area contributed by atoms with Crippen molar-refractivity contribution in [2.75, 3.05) is 18.4 Å². The quantitative estimate of drug-likeness (QED) is 0.405. The van der Waals surface area contributed by atoms with Gasteiger partial charge in [-0.2, -0.15) is 5.10 Å². The van der Waals surface area contributed by atoms with Crippen LogP contribution >= 0.6 is 11.9 Å². The summed E-state index contributed by atoms with van der Waals surface area (Å²) in [4.78, 5) is 14.1. The maximum atomic E-state index is 12.9. The highest BCUT2D eigenvalue weighted by molar-refractivity contribution is 7.97. The molecule has 0 unspecified atom stereocenters. The number of ether oxygens (including phenoxy) is 2. The Morgan fingerprint density at radius 2 is 1.82 bits per heavy atom. The molecule has 1 fully saturated rings. The van der Waals surface area contributed by atoms with Crippen molar-refractivity contribution in [3.8, 4) is 17.2 Å². The molecule has 1 aliphatic heterocycles. The molecule has 0 bridgehead atoms. The molecule has 0 radical (unpaired) electrons. The van der Waals surface area contributed by atoms with Crippen LogP contribution in [0.4, 0.5) is 5.82 Å². The molecule has 2 aromatic carbocycles. The second kappa shape index (κ2) is 9.89. The molecule has 1 aliphatic rings. The number of anilines is 1. The maximum Gasteiger partial charge on any atom is 0.257 e. The monoisotopic (exact) mass is 466 g/mol. The van der Waals surface area contributed by atoms with Crippen molar-refractivity contribution < 1.29 is 14.3 Å². The molecule has 2 heterocycles. The van der Waals surface area contributed by atoms with E-state index < -0.39 is 0 Å². The van der Waals surface area contributed by atoms with Crippen LogP contribution in [0.1, 0.15) is 44.0 Å². The first-order chi connectivity index (χ1) is 15.8. The Kier molecular flexibility index (Phi) is 6.95. The van der Waals surface area contributed by atoms with Crippen LogP contribution in [-0.2, 0) is 7.05 Å². The summed E-state index contributed by atoms with van der Waals surface area (Å²) >= 11 is 1.76. The highest BCUT2D eigenvalue weighted by atomic mass is 32.2.